The van der Waals surface area contributed by atoms with Gasteiger partial charge in [-0.25, -0.2) is 0 Å². The zero-order valence-corrected chi connectivity index (χ0v) is 15.8. The Labute approximate surface area is 157 Å². The van der Waals surface area contributed by atoms with Crippen LogP contribution in [0.2, 0.25) is 0 Å². The van der Waals surface area contributed by atoms with Crippen LogP contribution in [0.15, 0.2) is 41.3 Å². The molecule has 7 heteroatoms. The summed E-state index contributed by atoms with van der Waals surface area (Å²) in [5, 5.41) is 2.89. The number of fused-ring (bicyclic) bond motifs is 1. The van der Waals surface area contributed by atoms with E-state index in [4.69, 9.17) is 0 Å². The van der Waals surface area contributed by atoms with E-state index in [2.05, 4.69) is 5.32 Å². The van der Waals surface area contributed by atoms with E-state index in [1.54, 1.807) is 23.7 Å². The number of anilines is 1. The summed E-state index contributed by atoms with van der Waals surface area (Å²) in [5.41, 5.74) is 0.767. The molecule has 26 heavy (non-hydrogen) atoms. The number of benzene rings is 1. The second-order valence-corrected chi connectivity index (χ2v) is 7.51. The highest BCUT2D eigenvalue weighted by molar-refractivity contribution is 7.98. The van der Waals surface area contributed by atoms with Crippen LogP contribution in [0.5, 0.6) is 0 Å². The number of hydrogen-bond donors (Lipinski definition) is 1. The molecule has 2 atom stereocenters. The Morgan fingerprint density at radius 1 is 1.19 bits per heavy atom. The predicted molar refractivity (Wildman–Crippen MR) is 102 cm³/mol. The molecule has 0 saturated carbocycles. The Balaban J connectivity index is 1.57. The second kappa shape index (κ2) is 8.05. The number of likely N-dealkylation sites (N-methyl/N-ethyl adjacent to an activating group) is 1. The monoisotopic (exact) mass is 373 g/mol. The van der Waals surface area contributed by atoms with Gasteiger partial charge in [0.2, 0.25) is 17.7 Å². The SMILES string of the molecule is CSc1ccccc1NC(=O)CN(C)CN1C(=O)[C@H]2CC=CC[C@H]2C1=O. The highest BCUT2D eigenvalue weighted by atomic mass is 32.2. The third-order valence-corrected chi connectivity index (χ3v) is 5.57. The van der Waals surface area contributed by atoms with E-state index in [1.165, 1.54) is 4.90 Å². The van der Waals surface area contributed by atoms with Gasteiger partial charge in [-0.15, -0.1) is 11.8 Å². The molecule has 6 nitrogen and oxygen atoms in total. The summed E-state index contributed by atoms with van der Waals surface area (Å²) in [5.74, 6) is -0.882. The molecule has 2 aliphatic rings. The van der Waals surface area contributed by atoms with Crippen molar-refractivity contribution in [2.45, 2.75) is 17.7 Å². The highest BCUT2D eigenvalue weighted by Crippen LogP contribution is 2.35. The number of para-hydroxylation sites is 1. The Bertz CT molecular complexity index is 723. The summed E-state index contributed by atoms with van der Waals surface area (Å²) < 4.78 is 0. The molecule has 1 aromatic carbocycles. The van der Waals surface area contributed by atoms with Gasteiger partial charge in [-0.1, -0.05) is 24.3 Å². The molecular weight excluding hydrogens is 350 g/mol. The summed E-state index contributed by atoms with van der Waals surface area (Å²) in [6.07, 6.45) is 7.14. The molecular formula is C19H23N3O3S. The van der Waals surface area contributed by atoms with Gasteiger partial charge in [0.05, 0.1) is 30.7 Å². The number of likely N-dealkylation sites (tertiary alicyclic amines) is 1. The van der Waals surface area contributed by atoms with Gasteiger partial charge in [0.1, 0.15) is 0 Å². The molecule has 0 spiro atoms. The third kappa shape index (κ3) is 3.83. The van der Waals surface area contributed by atoms with E-state index in [0.717, 1.165) is 10.6 Å². The number of nitrogens with zero attached hydrogens (tertiary/aromatic N) is 2. The Kier molecular flexibility index (Phi) is 5.78. The summed E-state index contributed by atoms with van der Waals surface area (Å²) in [4.78, 5) is 41.3. The summed E-state index contributed by atoms with van der Waals surface area (Å²) in [6, 6.07) is 7.60. The van der Waals surface area contributed by atoms with Crippen molar-refractivity contribution < 1.29 is 14.4 Å². The van der Waals surface area contributed by atoms with Gasteiger partial charge in [0, 0.05) is 4.90 Å². The van der Waals surface area contributed by atoms with Crippen molar-refractivity contribution in [3.8, 4) is 0 Å². The lowest BCUT2D eigenvalue weighted by Crippen LogP contribution is -2.43. The van der Waals surface area contributed by atoms with Gasteiger partial charge in [0.25, 0.3) is 0 Å². The molecule has 3 rings (SSSR count). The van der Waals surface area contributed by atoms with Crippen molar-refractivity contribution in [3.63, 3.8) is 0 Å². The number of amides is 3. The van der Waals surface area contributed by atoms with Gasteiger partial charge in [-0.05, 0) is 38.3 Å². The fourth-order valence-corrected chi connectivity index (χ4v) is 4.04. The first-order valence-corrected chi connectivity index (χ1v) is 9.85. The summed E-state index contributed by atoms with van der Waals surface area (Å²) in [6.45, 7) is 0.246. The van der Waals surface area contributed by atoms with Gasteiger partial charge in [-0.3, -0.25) is 24.2 Å². The van der Waals surface area contributed by atoms with Crippen molar-refractivity contribution in [1.29, 1.82) is 0 Å². The molecule has 0 radical (unpaired) electrons. The van der Waals surface area contributed by atoms with Crippen molar-refractivity contribution in [1.82, 2.24) is 9.80 Å². The van der Waals surface area contributed by atoms with E-state index >= 15 is 0 Å². The number of nitrogens with one attached hydrogen (secondary N) is 1. The smallest absolute Gasteiger partial charge is 0.238 e. The molecule has 3 amide bonds. The van der Waals surface area contributed by atoms with E-state index in [1.807, 2.05) is 42.7 Å². The summed E-state index contributed by atoms with van der Waals surface area (Å²) in [7, 11) is 1.74. The van der Waals surface area contributed by atoms with Crippen LogP contribution in [0.1, 0.15) is 12.8 Å². The predicted octanol–water partition coefficient (Wildman–Crippen LogP) is 2.19. The van der Waals surface area contributed by atoms with E-state index in [-0.39, 0.29) is 42.8 Å². The zero-order chi connectivity index (χ0) is 18.7. The molecule has 1 aromatic rings. The van der Waals surface area contributed by atoms with Gasteiger partial charge in [0.15, 0.2) is 0 Å². The van der Waals surface area contributed by atoms with Crippen LogP contribution in [-0.2, 0) is 14.4 Å². The molecule has 0 bridgehead atoms. The third-order valence-electron chi connectivity index (χ3n) is 4.78. The molecule has 1 heterocycles. The van der Waals surface area contributed by atoms with E-state index in [9.17, 15) is 14.4 Å². The lowest BCUT2D eigenvalue weighted by Gasteiger charge is -2.23. The minimum absolute atomic E-state index is 0.105. The Hall–Kier alpha value is -2.12. The number of rotatable bonds is 6. The van der Waals surface area contributed by atoms with Gasteiger partial charge >= 0.3 is 0 Å². The van der Waals surface area contributed by atoms with Gasteiger partial charge < -0.3 is 5.32 Å². The van der Waals surface area contributed by atoms with E-state index in [0.29, 0.717) is 12.8 Å². The lowest BCUT2D eigenvalue weighted by molar-refractivity contribution is -0.142. The quantitative estimate of drug-likeness (QED) is 0.470. The number of hydrogen-bond acceptors (Lipinski definition) is 5. The molecule has 0 aromatic heterocycles. The number of imide groups is 1. The first kappa shape index (κ1) is 18.7. The van der Waals surface area contributed by atoms with Crippen LogP contribution in [-0.4, -0.2) is 54.0 Å². The summed E-state index contributed by atoms with van der Waals surface area (Å²) >= 11 is 1.56. The normalized spacial score (nSPS) is 22.0. The van der Waals surface area contributed by atoms with Crippen molar-refractivity contribution in [3.05, 3.63) is 36.4 Å². The zero-order valence-electron chi connectivity index (χ0n) is 15.0. The van der Waals surface area contributed by atoms with Crippen molar-refractivity contribution in [2.24, 2.45) is 11.8 Å². The lowest BCUT2D eigenvalue weighted by atomic mass is 9.85. The molecule has 1 aliphatic heterocycles. The number of carbonyl (C=O) groups excluding carboxylic acids is 3. The van der Waals surface area contributed by atoms with Crippen molar-refractivity contribution in [2.75, 3.05) is 31.8 Å². The topological polar surface area (TPSA) is 69.7 Å². The van der Waals surface area contributed by atoms with Gasteiger partial charge in [-0.2, -0.15) is 0 Å². The average molecular weight is 373 g/mol. The van der Waals surface area contributed by atoms with Crippen LogP contribution in [0, 0.1) is 11.8 Å². The molecule has 0 unspecified atom stereocenters. The number of allylic oxidation sites excluding steroid dienone is 2. The largest absolute Gasteiger partial charge is 0.324 e. The van der Waals surface area contributed by atoms with Crippen LogP contribution in [0.25, 0.3) is 0 Å². The van der Waals surface area contributed by atoms with Crippen LogP contribution >= 0.6 is 11.8 Å². The second-order valence-electron chi connectivity index (χ2n) is 6.66. The number of thioether (sulfide) groups is 1. The van der Waals surface area contributed by atoms with Crippen LogP contribution < -0.4 is 5.32 Å². The fourth-order valence-electron chi connectivity index (χ4n) is 3.48. The van der Waals surface area contributed by atoms with Crippen molar-refractivity contribution >= 4 is 35.2 Å². The molecule has 1 aliphatic carbocycles. The number of carbonyl (C=O) groups is 3. The average Bonchev–Trinajstić information content (AvgIpc) is 2.87. The van der Waals surface area contributed by atoms with Crippen LogP contribution in [0.3, 0.4) is 0 Å². The minimum atomic E-state index is -0.233. The molecule has 1 fully saturated rings. The maximum atomic E-state index is 12.5. The standard InChI is InChI=1S/C19H23N3O3S/c1-21(11-17(23)20-15-9-5-6-10-16(15)26-2)12-22-18(24)13-7-3-4-8-14(13)19(22)25/h3-6,9-10,13-14H,7-8,11-12H2,1-2H3,(H,20,23)/t13-,14+. The Morgan fingerprint density at radius 3 is 2.42 bits per heavy atom. The molecule has 1 saturated heterocycles. The minimum Gasteiger partial charge on any atom is -0.324 e. The first-order valence-electron chi connectivity index (χ1n) is 8.63. The maximum absolute atomic E-state index is 12.5. The first-order chi connectivity index (χ1) is 12.5. The fraction of sp³-hybridized carbons (Fsp3) is 0.421. The Morgan fingerprint density at radius 2 is 1.81 bits per heavy atom. The maximum Gasteiger partial charge on any atom is 0.238 e. The highest BCUT2D eigenvalue weighted by Gasteiger charge is 2.47. The molecule has 138 valence electrons. The van der Waals surface area contributed by atoms with Crippen LogP contribution in [0.4, 0.5) is 5.69 Å². The molecule has 1 N–H and O–H groups in total. The van der Waals surface area contributed by atoms with E-state index < -0.39 is 0 Å².